The number of hydrogen-bond acceptors (Lipinski definition) is 4. The van der Waals surface area contributed by atoms with E-state index in [4.69, 9.17) is 4.74 Å². The first kappa shape index (κ1) is 19.1. The molecule has 1 N–H and O–H groups in total. The predicted octanol–water partition coefficient (Wildman–Crippen LogP) is 4.48. The van der Waals surface area contributed by atoms with E-state index in [1.54, 1.807) is 35.5 Å². The van der Waals surface area contributed by atoms with Crippen LogP contribution in [0.15, 0.2) is 79.6 Å². The van der Waals surface area contributed by atoms with E-state index >= 15 is 0 Å². The second-order valence-corrected chi connectivity index (χ2v) is 6.15. The molecular formula is C22H22N4O2. The van der Waals surface area contributed by atoms with Crippen LogP contribution in [0.2, 0.25) is 0 Å². The maximum Gasteiger partial charge on any atom is 0.322 e. The lowest BCUT2D eigenvalue weighted by Crippen LogP contribution is -2.40. The van der Waals surface area contributed by atoms with Crippen LogP contribution in [0.4, 0.5) is 10.5 Å². The van der Waals surface area contributed by atoms with Crippen LogP contribution in [0, 0.1) is 6.92 Å². The number of nitrogens with one attached hydrogen (secondary N) is 1. The van der Waals surface area contributed by atoms with E-state index in [0.717, 1.165) is 11.3 Å². The summed E-state index contributed by atoms with van der Waals surface area (Å²) in [6.45, 7) is 6.35. The van der Waals surface area contributed by atoms with Crippen LogP contribution in [0.1, 0.15) is 11.3 Å². The molecule has 1 aromatic carbocycles. The first-order chi connectivity index (χ1) is 13.7. The second-order valence-electron chi connectivity index (χ2n) is 6.15. The Hall–Kier alpha value is -3.67. The Morgan fingerprint density at radius 3 is 2.61 bits per heavy atom. The van der Waals surface area contributed by atoms with Crippen molar-refractivity contribution in [2.24, 2.45) is 0 Å². The number of pyridine rings is 2. The zero-order chi connectivity index (χ0) is 19.8. The molecule has 2 heterocycles. The Labute approximate surface area is 164 Å². The van der Waals surface area contributed by atoms with Crippen LogP contribution in [-0.4, -0.2) is 22.5 Å². The summed E-state index contributed by atoms with van der Waals surface area (Å²) >= 11 is 0. The fourth-order valence-electron chi connectivity index (χ4n) is 2.51. The van der Waals surface area contributed by atoms with Gasteiger partial charge in [-0.15, -0.1) is 6.58 Å². The molecule has 2 aromatic heterocycles. The third-order valence-electron chi connectivity index (χ3n) is 3.96. The van der Waals surface area contributed by atoms with Gasteiger partial charge >= 0.3 is 6.03 Å². The van der Waals surface area contributed by atoms with Gasteiger partial charge in [0.1, 0.15) is 5.75 Å². The Morgan fingerprint density at radius 1 is 1.14 bits per heavy atom. The molecular weight excluding hydrogens is 352 g/mol. The number of rotatable bonds is 7. The molecule has 0 aliphatic rings. The zero-order valence-corrected chi connectivity index (χ0v) is 15.7. The molecule has 6 heteroatoms. The normalized spacial score (nSPS) is 10.2. The second kappa shape index (κ2) is 9.32. The van der Waals surface area contributed by atoms with Gasteiger partial charge in [-0.05, 0) is 37.3 Å². The summed E-state index contributed by atoms with van der Waals surface area (Å²) in [7, 11) is 0. The summed E-state index contributed by atoms with van der Waals surface area (Å²) in [6, 6.07) is 16.6. The molecule has 6 nitrogen and oxygen atoms in total. The molecule has 0 spiro atoms. The van der Waals surface area contributed by atoms with Crippen molar-refractivity contribution in [3.05, 3.63) is 90.9 Å². The van der Waals surface area contributed by atoms with Crippen molar-refractivity contribution in [1.82, 2.24) is 15.3 Å². The summed E-state index contributed by atoms with van der Waals surface area (Å²) in [5.41, 5.74) is 2.58. The van der Waals surface area contributed by atoms with Gasteiger partial charge in [0.15, 0.2) is 0 Å². The number of benzene rings is 1. The molecule has 0 aliphatic heterocycles. The Morgan fingerprint density at radius 2 is 1.96 bits per heavy atom. The lowest BCUT2D eigenvalue weighted by molar-refractivity contribution is 0.247. The summed E-state index contributed by atoms with van der Waals surface area (Å²) in [4.78, 5) is 22.8. The molecule has 0 saturated carbocycles. The maximum atomic E-state index is 12.6. The van der Waals surface area contributed by atoms with Crippen LogP contribution in [0.5, 0.6) is 11.6 Å². The van der Waals surface area contributed by atoms with Gasteiger partial charge < -0.3 is 10.1 Å². The van der Waals surface area contributed by atoms with Gasteiger partial charge in [-0.1, -0.05) is 29.8 Å². The van der Waals surface area contributed by atoms with Gasteiger partial charge in [0.05, 0.1) is 24.1 Å². The number of carbonyl (C=O) groups is 1. The van der Waals surface area contributed by atoms with Crippen molar-refractivity contribution in [3.63, 3.8) is 0 Å². The molecule has 0 bridgehead atoms. The number of amides is 2. The highest BCUT2D eigenvalue weighted by atomic mass is 16.5. The minimum absolute atomic E-state index is 0.250. The number of nitrogens with zero attached hydrogens (tertiary/aromatic N) is 3. The van der Waals surface area contributed by atoms with E-state index in [1.807, 2.05) is 49.4 Å². The molecule has 0 radical (unpaired) electrons. The van der Waals surface area contributed by atoms with E-state index in [1.165, 1.54) is 0 Å². The summed E-state index contributed by atoms with van der Waals surface area (Å²) in [6.07, 6.45) is 4.94. The van der Waals surface area contributed by atoms with Gasteiger partial charge in [0.25, 0.3) is 0 Å². The SMILES string of the molecule is C=CCNC(=O)N(Cc1ccccn1)c1ccc(Oc2ccc(C)cc2)nc1. The standard InChI is InChI=1S/C22H22N4O2/c1-3-13-24-22(27)26(16-18-6-4-5-14-23-18)19-9-12-21(25-15-19)28-20-10-7-17(2)8-11-20/h3-12,14-15H,1,13,16H2,2H3,(H,24,27). The van der Waals surface area contributed by atoms with Crippen molar-refractivity contribution in [1.29, 1.82) is 0 Å². The highest BCUT2D eigenvalue weighted by Crippen LogP contribution is 2.23. The quantitative estimate of drug-likeness (QED) is 0.619. The summed E-state index contributed by atoms with van der Waals surface area (Å²) in [5.74, 6) is 1.16. The van der Waals surface area contributed by atoms with Crippen molar-refractivity contribution in [3.8, 4) is 11.6 Å². The van der Waals surface area contributed by atoms with Gasteiger partial charge in [0.2, 0.25) is 5.88 Å². The van der Waals surface area contributed by atoms with Crippen LogP contribution >= 0.6 is 0 Å². The van der Waals surface area contributed by atoms with Gasteiger partial charge in [-0.2, -0.15) is 0 Å². The number of carbonyl (C=O) groups excluding carboxylic acids is 1. The first-order valence-corrected chi connectivity index (χ1v) is 8.92. The molecule has 0 atom stereocenters. The van der Waals surface area contributed by atoms with Gasteiger partial charge in [0, 0.05) is 18.8 Å². The average Bonchev–Trinajstić information content (AvgIpc) is 2.73. The van der Waals surface area contributed by atoms with Crippen molar-refractivity contribution in [2.75, 3.05) is 11.4 Å². The average molecular weight is 374 g/mol. The Kier molecular flexibility index (Phi) is 6.36. The van der Waals surface area contributed by atoms with Crippen LogP contribution in [-0.2, 0) is 6.54 Å². The summed E-state index contributed by atoms with van der Waals surface area (Å²) < 4.78 is 5.76. The lowest BCUT2D eigenvalue weighted by Gasteiger charge is -2.22. The topological polar surface area (TPSA) is 67.4 Å². The van der Waals surface area contributed by atoms with Gasteiger partial charge in [-0.3, -0.25) is 9.88 Å². The van der Waals surface area contributed by atoms with Crippen LogP contribution in [0.3, 0.4) is 0 Å². The molecule has 0 unspecified atom stereocenters. The Bertz CT molecular complexity index is 910. The largest absolute Gasteiger partial charge is 0.439 e. The third kappa shape index (κ3) is 5.17. The number of aryl methyl sites for hydroxylation is 1. The van der Waals surface area contributed by atoms with Crippen molar-refractivity contribution >= 4 is 11.7 Å². The molecule has 2 amide bonds. The molecule has 0 saturated heterocycles. The number of urea groups is 1. The molecule has 3 aromatic rings. The highest BCUT2D eigenvalue weighted by Gasteiger charge is 2.17. The number of ether oxygens (including phenoxy) is 1. The van der Waals surface area contributed by atoms with E-state index in [-0.39, 0.29) is 6.03 Å². The molecule has 3 rings (SSSR count). The first-order valence-electron chi connectivity index (χ1n) is 8.92. The minimum Gasteiger partial charge on any atom is -0.439 e. The molecule has 0 aliphatic carbocycles. The molecule has 0 fully saturated rings. The predicted molar refractivity (Wildman–Crippen MR) is 110 cm³/mol. The fraction of sp³-hybridized carbons (Fsp3) is 0.136. The fourth-order valence-corrected chi connectivity index (χ4v) is 2.51. The van der Waals surface area contributed by atoms with Crippen molar-refractivity contribution in [2.45, 2.75) is 13.5 Å². The monoisotopic (exact) mass is 374 g/mol. The number of hydrogen-bond donors (Lipinski definition) is 1. The van der Waals surface area contributed by atoms with Crippen LogP contribution < -0.4 is 15.0 Å². The smallest absolute Gasteiger partial charge is 0.322 e. The summed E-state index contributed by atoms with van der Waals surface area (Å²) in [5, 5.41) is 2.79. The maximum absolute atomic E-state index is 12.6. The van der Waals surface area contributed by atoms with E-state index in [9.17, 15) is 4.79 Å². The van der Waals surface area contributed by atoms with Gasteiger partial charge in [-0.25, -0.2) is 9.78 Å². The van der Waals surface area contributed by atoms with Crippen molar-refractivity contribution < 1.29 is 9.53 Å². The molecule has 28 heavy (non-hydrogen) atoms. The highest BCUT2D eigenvalue weighted by molar-refractivity contribution is 5.91. The third-order valence-corrected chi connectivity index (χ3v) is 3.96. The van der Waals surface area contributed by atoms with E-state index in [2.05, 4.69) is 21.9 Å². The zero-order valence-electron chi connectivity index (χ0n) is 15.7. The van der Waals surface area contributed by atoms with Crippen LogP contribution in [0.25, 0.3) is 0 Å². The minimum atomic E-state index is -0.250. The number of anilines is 1. The Balaban J connectivity index is 1.77. The van der Waals surface area contributed by atoms with E-state index < -0.39 is 0 Å². The number of aromatic nitrogens is 2. The lowest BCUT2D eigenvalue weighted by atomic mass is 10.2. The van der Waals surface area contributed by atoms with E-state index in [0.29, 0.717) is 30.4 Å². The molecule has 142 valence electrons.